The molecule has 0 fully saturated rings. The van der Waals surface area contributed by atoms with E-state index in [2.05, 4.69) is 0 Å². The Balaban J connectivity index is 0.000000829. The SMILES string of the molecule is CC.CC.O=S(=O)(Cl)c1ccccc1-c1ccccc1. The maximum absolute atomic E-state index is 11.4. The molecule has 0 aliphatic heterocycles. The van der Waals surface area contributed by atoms with Crippen molar-refractivity contribution >= 4 is 19.7 Å². The normalized spacial score (nSPS) is 9.65. The number of rotatable bonds is 2. The molecule has 0 aliphatic carbocycles. The minimum atomic E-state index is -3.71. The van der Waals surface area contributed by atoms with Gasteiger partial charge in [-0.2, -0.15) is 0 Å². The maximum Gasteiger partial charge on any atom is 0.261 e. The van der Waals surface area contributed by atoms with E-state index in [1.54, 1.807) is 18.2 Å². The second kappa shape index (κ2) is 9.56. The molecule has 0 unspecified atom stereocenters. The molecule has 0 saturated heterocycles. The van der Waals surface area contributed by atoms with Gasteiger partial charge in [-0.25, -0.2) is 8.42 Å². The Bertz CT molecular complexity index is 593. The highest BCUT2D eigenvalue weighted by Crippen LogP contribution is 2.28. The van der Waals surface area contributed by atoms with Gasteiger partial charge in [0.2, 0.25) is 0 Å². The summed E-state index contributed by atoms with van der Waals surface area (Å²) in [6.07, 6.45) is 0. The van der Waals surface area contributed by atoms with E-state index >= 15 is 0 Å². The number of benzene rings is 2. The number of hydrogen-bond donors (Lipinski definition) is 0. The molecule has 0 atom stereocenters. The van der Waals surface area contributed by atoms with Gasteiger partial charge in [-0.3, -0.25) is 0 Å². The molecule has 2 rings (SSSR count). The summed E-state index contributed by atoms with van der Waals surface area (Å²) in [4.78, 5) is 0.142. The third-order valence-electron chi connectivity index (χ3n) is 2.23. The monoisotopic (exact) mass is 312 g/mol. The van der Waals surface area contributed by atoms with E-state index < -0.39 is 9.05 Å². The predicted octanol–water partition coefficient (Wildman–Crippen LogP) is 5.33. The predicted molar refractivity (Wildman–Crippen MR) is 87.6 cm³/mol. The summed E-state index contributed by atoms with van der Waals surface area (Å²) in [5, 5.41) is 0. The van der Waals surface area contributed by atoms with Gasteiger partial charge >= 0.3 is 0 Å². The van der Waals surface area contributed by atoms with E-state index in [4.69, 9.17) is 10.7 Å². The van der Waals surface area contributed by atoms with Crippen LogP contribution >= 0.6 is 10.7 Å². The Hall–Kier alpha value is -1.32. The Morgan fingerprint density at radius 1 is 0.750 bits per heavy atom. The molecule has 0 saturated carbocycles. The first-order valence-corrected chi connectivity index (χ1v) is 8.99. The van der Waals surface area contributed by atoms with Crippen LogP contribution in [0.25, 0.3) is 11.1 Å². The van der Waals surface area contributed by atoms with Crippen LogP contribution in [-0.4, -0.2) is 8.42 Å². The Morgan fingerprint density at radius 2 is 1.20 bits per heavy atom. The molecule has 0 aliphatic rings. The first-order chi connectivity index (χ1) is 9.59. The van der Waals surface area contributed by atoms with Crippen LogP contribution in [-0.2, 0) is 9.05 Å². The van der Waals surface area contributed by atoms with Gasteiger partial charge in [-0.15, -0.1) is 0 Å². The van der Waals surface area contributed by atoms with Crippen LogP contribution in [0.15, 0.2) is 59.5 Å². The molecule has 0 aromatic heterocycles. The van der Waals surface area contributed by atoms with Gasteiger partial charge < -0.3 is 0 Å². The third kappa shape index (κ3) is 5.35. The largest absolute Gasteiger partial charge is 0.261 e. The zero-order valence-electron chi connectivity index (χ0n) is 12.3. The third-order valence-corrected chi connectivity index (χ3v) is 3.61. The highest BCUT2D eigenvalue weighted by Gasteiger charge is 2.15. The molecule has 2 nitrogen and oxygen atoms in total. The van der Waals surface area contributed by atoms with Crippen LogP contribution in [0.2, 0.25) is 0 Å². The van der Waals surface area contributed by atoms with Crippen molar-refractivity contribution < 1.29 is 8.42 Å². The highest BCUT2D eigenvalue weighted by atomic mass is 35.7. The van der Waals surface area contributed by atoms with E-state index in [1.807, 2.05) is 58.0 Å². The van der Waals surface area contributed by atoms with Crippen molar-refractivity contribution in [2.45, 2.75) is 32.6 Å². The average molecular weight is 313 g/mol. The van der Waals surface area contributed by atoms with Crippen molar-refractivity contribution in [1.29, 1.82) is 0 Å². The zero-order valence-corrected chi connectivity index (χ0v) is 13.9. The molecule has 2 aromatic carbocycles. The Labute approximate surface area is 126 Å². The first-order valence-electron chi connectivity index (χ1n) is 6.68. The molecule has 2 aromatic rings. The van der Waals surface area contributed by atoms with Gasteiger partial charge in [0.1, 0.15) is 0 Å². The first kappa shape index (κ1) is 18.7. The van der Waals surface area contributed by atoms with Crippen molar-refractivity contribution in [1.82, 2.24) is 0 Å². The van der Waals surface area contributed by atoms with E-state index in [1.165, 1.54) is 6.07 Å². The molecule has 0 radical (unpaired) electrons. The smallest absolute Gasteiger partial charge is 0.207 e. The fraction of sp³-hybridized carbons (Fsp3) is 0.250. The molecular weight excluding hydrogens is 292 g/mol. The maximum atomic E-state index is 11.4. The lowest BCUT2D eigenvalue weighted by atomic mass is 10.1. The van der Waals surface area contributed by atoms with Crippen molar-refractivity contribution in [3.8, 4) is 11.1 Å². The molecule has 110 valence electrons. The standard InChI is InChI=1S/C12H9ClO2S.2C2H6/c13-16(14,15)12-9-5-4-8-11(12)10-6-2-1-3-7-10;2*1-2/h1-9H;2*1-2H3. The van der Waals surface area contributed by atoms with E-state index in [0.717, 1.165) is 5.56 Å². The molecule has 0 spiro atoms. The van der Waals surface area contributed by atoms with Crippen molar-refractivity contribution in [3.63, 3.8) is 0 Å². The summed E-state index contributed by atoms with van der Waals surface area (Å²) < 4.78 is 22.8. The summed E-state index contributed by atoms with van der Waals surface area (Å²) in [6.45, 7) is 8.00. The quantitative estimate of drug-likeness (QED) is 0.702. The summed E-state index contributed by atoms with van der Waals surface area (Å²) in [5.41, 5.74) is 1.46. The van der Waals surface area contributed by atoms with E-state index in [9.17, 15) is 8.42 Å². The lowest BCUT2D eigenvalue weighted by Gasteiger charge is -2.06. The average Bonchev–Trinajstić information content (AvgIpc) is 2.51. The number of hydrogen-bond acceptors (Lipinski definition) is 2. The topological polar surface area (TPSA) is 34.1 Å². The van der Waals surface area contributed by atoms with Gasteiger partial charge in [0.25, 0.3) is 9.05 Å². The molecule has 4 heteroatoms. The molecule has 0 bridgehead atoms. The minimum absolute atomic E-state index is 0.142. The second-order valence-corrected chi connectivity index (χ2v) is 5.83. The van der Waals surface area contributed by atoms with Gasteiger partial charge in [0.05, 0.1) is 4.90 Å². The van der Waals surface area contributed by atoms with Crippen molar-refractivity contribution in [2.75, 3.05) is 0 Å². The minimum Gasteiger partial charge on any atom is -0.207 e. The molecule has 0 heterocycles. The van der Waals surface area contributed by atoms with Crippen LogP contribution in [0.3, 0.4) is 0 Å². The highest BCUT2D eigenvalue weighted by molar-refractivity contribution is 8.13. The Morgan fingerprint density at radius 3 is 1.70 bits per heavy atom. The summed E-state index contributed by atoms with van der Waals surface area (Å²) in [5.74, 6) is 0. The molecule has 20 heavy (non-hydrogen) atoms. The second-order valence-electron chi connectivity index (χ2n) is 3.30. The van der Waals surface area contributed by atoms with Crippen LogP contribution < -0.4 is 0 Å². The van der Waals surface area contributed by atoms with Crippen LogP contribution in [0.5, 0.6) is 0 Å². The molecular formula is C16H21ClO2S. The number of halogens is 1. The van der Waals surface area contributed by atoms with E-state index in [-0.39, 0.29) is 4.90 Å². The molecule has 0 N–H and O–H groups in total. The van der Waals surface area contributed by atoms with Gasteiger partial charge in [0, 0.05) is 16.2 Å². The van der Waals surface area contributed by atoms with Gasteiger partial charge in [-0.05, 0) is 11.6 Å². The zero-order chi connectivity index (χ0) is 15.6. The van der Waals surface area contributed by atoms with Crippen molar-refractivity contribution in [2.24, 2.45) is 0 Å². The summed E-state index contributed by atoms with van der Waals surface area (Å²) in [6, 6.07) is 16.0. The van der Waals surface area contributed by atoms with Gasteiger partial charge in [0.15, 0.2) is 0 Å². The molecule has 0 amide bonds. The lowest BCUT2D eigenvalue weighted by molar-refractivity contribution is 0.610. The fourth-order valence-electron chi connectivity index (χ4n) is 1.54. The van der Waals surface area contributed by atoms with Gasteiger partial charge in [-0.1, -0.05) is 76.2 Å². The Kier molecular flexibility index (Phi) is 8.93. The van der Waals surface area contributed by atoms with Crippen molar-refractivity contribution in [3.05, 3.63) is 54.6 Å². The fourth-order valence-corrected chi connectivity index (χ4v) is 2.63. The van der Waals surface area contributed by atoms with Crippen LogP contribution in [0.4, 0.5) is 0 Å². The lowest BCUT2D eigenvalue weighted by Crippen LogP contribution is -1.93. The summed E-state index contributed by atoms with van der Waals surface area (Å²) >= 11 is 0. The van der Waals surface area contributed by atoms with E-state index in [0.29, 0.717) is 5.56 Å². The van der Waals surface area contributed by atoms with Crippen LogP contribution in [0, 0.1) is 0 Å². The summed E-state index contributed by atoms with van der Waals surface area (Å²) in [7, 11) is 1.68. The van der Waals surface area contributed by atoms with Crippen LogP contribution in [0.1, 0.15) is 27.7 Å².